The molecule has 2 heterocycles. The van der Waals surface area contributed by atoms with Crippen molar-refractivity contribution in [1.29, 1.82) is 0 Å². The Morgan fingerprint density at radius 2 is 1.94 bits per heavy atom. The van der Waals surface area contributed by atoms with Crippen molar-refractivity contribution in [3.05, 3.63) is 57.6 Å². The van der Waals surface area contributed by atoms with Gasteiger partial charge in [-0.15, -0.1) is 0 Å². The molecule has 2 aromatic heterocycles. The Balaban J connectivity index is 1.49. The Morgan fingerprint density at radius 3 is 2.52 bits per heavy atom. The van der Waals surface area contributed by atoms with Gasteiger partial charge in [-0.3, -0.25) is 14.3 Å². The Labute approximate surface area is 175 Å². The van der Waals surface area contributed by atoms with Crippen LogP contribution in [0.3, 0.4) is 0 Å². The van der Waals surface area contributed by atoms with Crippen LogP contribution < -0.4 is 10.9 Å². The molecule has 1 amide bonds. The minimum atomic E-state index is -4.42. The van der Waals surface area contributed by atoms with Crippen LogP contribution >= 0.6 is 0 Å². The molecule has 0 saturated heterocycles. The van der Waals surface area contributed by atoms with Gasteiger partial charge in [-0.05, 0) is 50.8 Å². The van der Waals surface area contributed by atoms with E-state index in [4.69, 9.17) is 0 Å². The molecule has 1 aliphatic rings. The zero-order valence-electron chi connectivity index (χ0n) is 17.1. The van der Waals surface area contributed by atoms with Gasteiger partial charge in [0, 0.05) is 0 Å². The van der Waals surface area contributed by atoms with Crippen LogP contribution in [0.15, 0.2) is 35.3 Å². The zero-order valence-corrected chi connectivity index (χ0v) is 17.1. The van der Waals surface area contributed by atoms with Gasteiger partial charge in [-0.2, -0.15) is 23.4 Å². The molecule has 0 spiro atoms. The second-order valence-electron chi connectivity index (χ2n) is 7.89. The summed E-state index contributed by atoms with van der Waals surface area (Å²) in [5.74, 6) is -0.467. The van der Waals surface area contributed by atoms with E-state index < -0.39 is 29.2 Å². The van der Waals surface area contributed by atoms with E-state index in [1.165, 1.54) is 12.1 Å². The lowest BCUT2D eigenvalue weighted by Gasteiger charge is -2.26. The summed E-state index contributed by atoms with van der Waals surface area (Å²) >= 11 is 0. The summed E-state index contributed by atoms with van der Waals surface area (Å²) in [6, 6.07) is 4.34. The summed E-state index contributed by atoms with van der Waals surface area (Å²) in [5.41, 5.74) is 0.646. The Hall–Kier alpha value is -3.17. The van der Waals surface area contributed by atoms with Crippen LogP contribution in [0.2, 0.25) is 0 Å². The number of hydrogen-bond donors (Lipinski definition) is 1. The van der Waals surface area contributed by atoms with E-state index in [1.54, 1.807) is 20.0 Å². The fraction of sp³-hybridized carbons (Fsp3) is 0.429. The van der Waals surface area contributed by atoms with Gasteiger partial charge in [0.2, 0.25) is 5.91 Å². The van der Waals surface area contributed by atoms with Crippen molar-refractivity contribution in [2.75, 3.05) is 0 Å². The van der Waals surface area contributed by atoms with Gasteiger partial charge in [0.15, 0.2) is 0 Å². The smallest absolute Gasteiger partial charge is 0.348 e. The summed E-state index contributed by atoms with van der Waals surface area (Å²) in [5, 5.41) is 11.8. The van der Waals surface area contributed by atoms with Gasteiger partial charge < -0.3 is 5.32 Å². The number of benzene rings is 1. The SMILES string of the molecule is Cc1nn(C2CCC2)c2cnn(CC(=O)NC(C)c3ccc(C(F)(F)F)cc3)c(=O)c12. The Kier molecular flexibility index (Phi) is 5.32. The minimum Gasteiger partial charge on any atom is -0.348 e. The molecular weight excluding hydrogens is 411 g/mol. The summed E-state index contributed by atoms with van der Waals surface area (Å²) in [4.78, 5) is 25.3. The molecule has 7 nitrogen and oxygen atoms in total. The summed E-state index contributed by atoms with van der Waals surface area (Å²) in [7, 11) is 0. The fourth-order valence-corrected chi connectivity index (χ4v) is 3.75. The monoisotopic (exact) mass is 433 g/mol. The molecule has 0 radical (unpaired) electrons. The number of fused-ring (bicyclic) bond motifs is 1. The first kappa shape index (κ1) is 21.1. The first-order valence-corrected chi connectivity index (χ1v) is 10.1. The first-order chi connectivity index (χ1) is 14.6. The van der Waals surface area contributed by atoms with Gasteiger partial charge in [0.05, 0.1) is 40.4 Å². The number of aryl methyl sites for hydroxylation is 1. The van der Waals surface area contributed by atoms with Crippen LogP contribution in [0.25, 0.3) is 10.9 Å². The highest BCUT2D eigenvalue weighted by Gasteiger charge is 2.30. The van der Waals surface area contributed by atoms with E-state index in [-0.39, 0.29) is 12.6 Å². The number of nitrogens with one attached hydrogen (secondary N) is 1. The number of carbonyl (C=O) groups excluding carboxylic acids is 1. The van der Waals surface area contributed by atoms with Gasteiger partial charge >= 0.3 is 6.18 Å². The predicted molar refractivity (Wildman–Crippen MR) is 107 cm³/mol. The van der Waals surface area contributed by atoms with Crippen LogP contribution in [-0.2, 0) is 17.5 Å². The predicted octanol–water partition coefficient (Wildman–Crippen LogP) is 3.52. The number of nitrogens with zero attached hydrogens (tertiary/aromatic N) is 4. The number of aromatic nitrogens is 4. The Bertz CT molecular complexity index is 1180. The maximum atomic E-state index is 12.9. The molecule has 4 rings (SSSR count). The second kappa shape index (κ2) is 7.82. The van der Waals surface area contributed by atoms with Crippen molar-refractivity contribution in [1.82, 2.24) is 24.9 Å². The number of carbonyl (C=O) groups is 1. The van der Waals surface area contributed by atoms with E-state index in [9.17, 15) is 22.8 Å². The highest BCUT2D eigenvalue weighted by molar-refractivity contribution is 5.81. The van der Waals surface area contributed by atoms with Crippen LogP contribution in [0.4, 0.5) is 13.2 Å². The molecule has 0 bridgehead atoms. The molecule has 1 aliphatic carbocycles. The molecule has 0 aliphatic heterocycles. The molecule has 1 aromatic carbocycles. The maximum absolute atomic E-state index is 12.9. The van der Waals surface area contributed by atoms with E-state index in [0.29, 0.717) is 22.2 Å². The third-order valence-corrected chi connectivity index (χ3v) is 5.72. The van der Waals surface area contributed by atoms with Gasteiger partial charge in [-0.1, -0.05) is 12.1 Å². The van der Waals surface area contributed by atoms with E-state index in [1.807, 2.05) is 4.68 Å². The molecular formula is C21H22F3N5O2. The lowest BCUT2D eigenvalue weighted by atomic mass is 9.93. The highest BCUT2D eigenvalue weighted by atomic mass is 19.4. The van der Waals surface area contributed by atoms with E-state index >= 15 is 0 Å². The molecule has 3 aromatic rings. The normalized spacial score (nSPS) is 15.6. The first-order valence-electron chi connectivity index (χ1n) is 10.1. The molecule has 1 unspecified atom stereocenters. The van der Waals surface area contributed by atoms with Crippen molar-refractivity contribution < 1.29 is 18.0 Å². The van der Waals surface area contributed by atoms with Gasteiger partial charge in [0.25, 0.3) is 5.56 Å². The number of hydrogen-bond acceptors (Lipinski definition) is 4. The van der Waals surface area contributed by atoms with Crippen LogP contribution in [0.5, 0.6) is 0 Å². The Morgan fingerprint density at radius 1 is 1.26 bits per heavy atom. The van der Waals surface area contributed by atoms with Crippen LogP contribution in [-0.4, -0.2) is 25.5 Å². The average Bonchev–Trinajstić information content (AvgIpc) is 2.98. The summed E-state index contributed by atoms with van der Waals surface area (Å²) in [6.07, 6.45) is 0.308. The molecule has 164 valence electrons. The summed E-state index contributed by atoms with van der Waals surface area (Å²) < 4.78 is 41.0. The van der Waals surface area contributed by atoms with Crippen LogP contribution in [0.1, 0.15) is 55.1 Å². The lowest BCUT2D eigenvalue weighted by Crippen LogP contribution is -2.35. The van der Waals surface area contributed by atoms with Crippen molar-refractivity contribution in [3.8, 4) is 0 Å². The molecule has 1 fully saturated rings. The summed E-state index contributed by atoms with van der Waals surface area (Å²) in [6.45, 7) is 3.12. The van der Waals surface area contributed by atoms with Gasteiger partial charge in [-0.25, -0.2) is 4.68 Å². The number of amides is 1. The molecule has 1 saturated carbocycles. The quantitative estimate of drug-likeness (QED) is 0.668. The standard InChI is InChI=1S/C21H22F3N5O2/c1-12(14-6-8-15(9-7-14)21(22,23)24)26-18(30)11-28-20(31)19-13(2)27-29(16-4-3-5-16)17(19)10-25-28/h6-10,12,16H,3-5,11H2,1-2H3,(H,26,30). The largest absolute Gasteiger partial charge is 0.416 e. The highest BCUT2D eigenvalue weighted by Crippen LogP contribution is 2.33. The van der Waals surface area contributed by atoms with Gasteiger partial charge in [0.1, 0.15) is 6.54 Å². The van der Waals surface area contributed by atoms with E-state index in [0.717, 1.165) is 36.1 Å². The average molecular weight is 433 g/mol. The topological polar surface area (TPSA) is 81.8 Å². The fourth-order valence-electron chi connectivity index (χ4n) is 3.75. The second-order valence-corrected chi connectivity index (χ2v) is 7.89. The molecule has 1 N–H and O–H groups in total. The third kappa shape index (κ3) is 4.06. The zero-order chi connectivity index (χ0) is 22.3. The van der Waals surface area contributed by atoms with Crippen molar-refractivity contribution >= 4 is 16.8 Å². The van der Waals surface area contributed by atoms with Crippen LogP contribution in [0, 0.1) is 6.92 Å². The number of rotatable bonds is 5. The molecule has 1 atom stereocenters. The molecule has 10 heteroatoms. The minimum absolute atomic E-state index is 0.279. The van der Waals surface area contributed by atoms with E-state index in [2.05, 4.69) is 15.5 Å². The maximum Gasteiger partial charge on any atom is 0.416 e. The van der Waals surface area contributed by atoms with Crippen molar-refractivity contribution in [2.45, 2.75) is 57.9 Å². The lowest BCUT2D eigenvalue weighted by molar-refractivity contribution is -0.137. The third-order valence-electron chi connectivity index (χ3n) is 5.72. The van der Waals surface area contributed by atoms with Crippen molar-refractivity contribution in [3.63, 3.8) is 0 Å². The number of alkyl halides is 3. The number of halogens is 3. The molecule has 31 heavy (non-hydrogen) atoms. The van der Waals surface area contributed by atoms with Crippen molar-refractivity contribution in [2.24, 2.45) is 0 Å².